The normalized spacial score (nSPS) is 12.2. The van der Waals surface area contributed by atoms with Crippen molar-refractivity contribution in [2.24, 2.45) is 0 Å². The van der Waals surface area contributed by atoms with E-state index in [-0.39, 0.29) is 11.9 Å². The number of rotatable bonds is 6. The maximum absolute atomic E-state index is 13.2. The van der Waals surface area contributed by atoms with E-state index in [2.05, 4.69) is 24.4 Å². The molecule has 2 aromatic rings. The van der Waals surface area contributed by atoms with E-state index < -0.39 is 0 Å². The van der Waals surface area contributed by atoms with E-state index in [1.807, 2.05) is 18.2 Å². The van der Waals surface area contributed by atoms with Gasteiger partial charge in [0.2, 0.25) is 0 Å². The van der Waals surface area contributed by atoms with E-state index in [9.17, 15) is 4.39 Å². The van der Waals surface area contributed by atoms with E-state index in [4.69, 9.17) is 4.74 Å². The maximum Gasteiger partial charge on any atom is 0.126 e. The van der Waals surface area contributed by atoms with Crippen LogP contribution in [0.15, 0.2) is 48.5 Å². The molecule has 1 unspecified atom stereocenters. The van der Waals surface area contributed by atoms with E-state index >= 15 is 0 Å². The van der Waals surface area contributed by atoms with Gasteiger partial charge in [0.05, 0.1) is 6.04 Å². The summed E-state index contributed by atoms with van der Waals surface area (Å²) >= 11 is 0. The molecule has 0 radical (unpaired) electrons. The van der Waals surface area contributed by atoms with E-state index in [0.29, 0.717) is 17.9 Å². The minimum absolute atomic E-state index is 0.131. The van der Waals surface area contributed by atoms with Crippen molar-refractivity contribution in [2.75, 3.05) is 13.2 Å². The molecule has 0 spiro atoms. The maximum atomic E-state index is 13.2. The molecule has 1 N–H and O–H groups in total. The number of halogens is 1. The Balaban J connectivity index is 2.03. The topological polar surface area (TPSA) is 21.3 Å². The van der Waals surface area contributed by atoms with E-state index in [0.717, 1.165) is 6.54 Å². The van der Waals surface area contributed by atoms with Gasteiger partial charge in [-0.15, -0.1) is 0 Å². The summed E-state index contributed by atoms with van der Waals surface area (Å²) in [5, 5.41) is 3.40. The highest BCUT2D eigenvalue weighted by molar-refractivity contribution is 5.29. The molecule has 0 amide bonds. The summed E-state index contributed by atoms with van der Waals surface area (Å²) in [6.07, 6.45) is 0. The molecule has 106 valence electrons. The van der Waals surface area contributed by atoms with Crippen LogP contribution >= 0.6 is 0 Å². The van der Waals surface area contributed by atoms with Crippen LogP contribution in [-0.4, -0.2) is 13.2 Å². The quantitative estimate of drug-likeness (QED) is 0.862. The smallest absolute Gasteiger partial charge is 0.126 e. The van der Waals surface area contributed by atoms with Crippen molar-refractivity contribution in [3.8, 4) is 5.75 Å². The number of likely N-dealkylation sites (N-methyl/N-ethyl adjacent to an activating group) is 1. The average Bonchev–Trinajstić information content (AvgIpc) is 2.48. The first kappa shape index (κ1) is 14.5. The summed E-state index contributed by atoms with van der Waals surface area (Å²) in [7, 11) is 0. The molecule has 0 fully saturated rings. The Morgan fingerprint density at radius 2 is 1.90 bits per heavy atom. The summed E-state index contributed by atoms with van der Waals surface area (Å²) in [6.45, 7) is 5.19. The summed E-state index contributed by atoms with van der Waals surface area (Å²) in [4.78, 5) is 0. The van der Waals surface area contributed by atoms with Crippen LogP contribution in [0.4, 0.5) is 4.39 Å². The monoisotopic (exact) mass is 273 g/mol. The average molecular weight is 273 g/mol. The highest BCUT2D eigenvalue weighted by Gasteiger charge is 2.11. The lowest BCUT2D eigenvalue weighted by Crippen LogP contribution is -2.26. The zero-order valence-corrected chi connectivity index (χ0v) is 11.9. The van der Waals surface area contributed by atoms with Crippen LogP contribution in [-0.2, 0) is 0 Å². The van der Waals surface area contributed by atoms with Crippen molar-refractivity contribution in [3.05, 3.63) is 65.5 Å². The van der Waals surface area contributed by atoms with Crippen LogP contribution in [0.2, 0.25) is 0 Å². The first-order valence-corrected chi connectivity index (χ1v) is 6.88. The van der Waals surface area contributed by atoms with E-state index in [1.165, 1.54) is 11.6 Å². The minimum atomic E-state index is -0.205. The van der Waals surface area contributed by atoms with Crippen molar-refractivity contribution in [3.63, 3.8) is 0 Å². The molecule has 2 nitrogen and oxygen atoms in total. The number of aryl methyl sites for hydroxylation is 1. The first-order chi connectivity index (χ1) is 9.70. The molecule has 0 saturated carbocycles. The number of hydrogen-bond acceptors (Lipinski definition) is 2. The summed E-state index contributed by atoms with van der Waals surface area (Å²) < 4.78 is 19.0. The van der Waals surface area contributed by atoms with Gasteiger partial charge in [-0.1, -0.05) is 37.3 Å². The van der Waals surface area contributed by atoms with Crippen LogP contribution in [0.25, 0.3) is 0 Å². The lowest BCUT2D eigenvalue weighted by atomic mass is 10.1. The van der Waals surface area contributed by atoms with Gasteiger partial charge < -0.3 is 10.1 Å². The third-order valence-electron chi connectivity index (χ3n) is 3.20. The lowest BCUT2D eigenvalue weighted by Gasteiger charge is -2.19. The number of hydrogen-bond donors (Lipinski definition) is 1. The predicted molar refractivity (Wildman–Crippen MR) is 79.5 cm³/mol. The Bertz CT molecular complexity index is 542. The van der Waals surface area contributed by atoms with Crippen LogP contribution in [0.5, 0.6) is 5.75 Å². The minimum Gasteiger partial charge on any atom is -0.492 e. The van der Waals surface area contributed by atoms with Crippen molar-refractivity contribution < 1.29 is 9.13 Å². The molecule has 2 rings (SSSR count). The number of ether oxygens (including phenoxy) is 1. The zero-order chi connectivity index (χ0) is 14.4. The van der Waals surface area contributed by atoms with Crippen molar-refractivity contribution in [2.45, 2.75) is 19.9 Å². The second-order valence-electron chi connectivity index (χ2n) is 4.74. The van der Waals surface area contributed by atoms with Gasteiger partial charge in [-0.3, -0.25) is 0 Å². The third-order valence-corrected chi connectivity index (χ3v) is 3.20. The fourth-order valence-corrected chi connectivity index (χ4v) is 2.09. The third kappa shape index (κ3) is 3.81. The molecule has 0 aliphatic carbocycles. The second-order valence-corrected chi connectivity index (χ2v) is 4.74. The molecule has 1 atom stereocenters. The van der Waals surface area contributed by atoms with Gasteiger partial charge in [0, 0.05) is 0 Å². The molecule has 0 aliphatic heterocycles. The second kappa shape index (κ2) is 7.06. The van der Waals surface area contributed by atoms with Gasteiger partial charge in [-0.2, -0.15) is 0 Å². The summed E-state index contributed by atoms with van der Waals surface area (Å²) in [6, 6.07) is 15.1. The van der Waals surface area contributed by atoms with Gasteiger partial charge in [0.1, 0.15) is 18.2 Å². The van der Waals surface area contributed by atoms with Crippen LogP contribution in [0, 0.1) is 12.7 Å². The SMILES string of the molecule is CCNC(COc1ccc(F)c(C)c1)c1ccccc1. The van der Waals surface area contributed by atoms with Gasteiger partial charge in [0.15, 0.2) is 0 Å². The largest absolute Gasteiger partial charge is 0.492 e. The molecule has 2 aromatic carbocycles. The molecular weight excluding hydrogens is 253 g/mol. The van der Waals surface area contributed by atoms with Crippen LogP contribution in [0.1, 0.15) is 24.1 Å². The van der Waals surface area contributed by atoms with Gasteiger partial charge in [-0.25, -0.2) is 4.39 Å². The summed E-state index contributed by atoms with van der Waals surface area (Å²) in [5.74, 6) is 0.492. The Kier molecular flexibility index (Phi) is 5.13. The fourth-order valence-electron chi connectivity index (χ4n) is 2.09. The molecule has 0 saturated heterocycles. The Morgan fingerprint density at radius 3 is 2.55 bits per heavy atom. The van der Waals surface area contributed by atoms with Crippen LogP contribution < -0.4 is 10.1 Å². The van der Waals surface area contributed by atoms with Gasteiger partial charge in [0.25, 0.3) is 0 Å². The van der Waals surface area contributed by atoms with Crippen LogP contribution in [0.3, 0.4) is 0 Å². The van der Waals surface area contributed by atoms with Gasteiger partial charge in [-0.05, 0) is 42.8 Å². The van der Waals surface area contributed by atoms with Crippen molar-refractivity contribution >= 4 is 0 Å². The van der Waals surface area contributed by atoms with Gasteiger partial charge >= 0.3 is 0 Å². The standard InChI is InChI=1S/C17H20FNO/c1-3-19-17(14-7-5-4-6-8-14)12-20-15-9-10-16(18)13(2)11-15/h4-11,17,19H,3,12H2,1-2H3. The molecule has 3 heteroatoms. The van der Waals surface area contributed by atoms with Crippen molar-refractivity contribution in [1.29, 1.82) is 0 Å². The highest BCUT2D eigenvalue weighted by atomic mass is 19.1. The van der Waals surface area contributed by atoms with E-state index in [1.54, 1.807) is 19.1 Å². The number of nitrogens with one attached hydrogen (secondary N) is 1. The fraction of sp³-hybridized carbons (Fsp3) is 0.294. The first-order valence-electron chi connectivity index (χ1n) is 6.88. The highest BCUT2D eigenvalue weighted by Crippen LogP contribution is 2.19. The number of benzene rings is 2. The Morgan fingerprint density at radius 1 is 1.15 bits per heavy atom. The molecular formula is C17H20FNO. The molecule has 0 heterocycles. The molecule has 0 aromatic heterocycles. The molecule has 20 heavy (non-hydrogen) atoms. The summed E-state index contributed by atoms with van der Waals surface area (Å²) in [5.41, 5.74) is 1.79. The Labute approximate surface area is 119 Å². The molecule has 0 bridgehead atoms. The predicted octanol–water partition coefficient (Wildman–Crippen LogP) is 3.86. The lowest BCUT2D eigenvalue weighted by molar-refractivity contribution is 0.267. The van der Waals surface area contributed by atoms with Crippen molar-refractivity contribution in [1.82, 2.24) is 5.32 Å². The molecule has 0 aliphatic rings. The zero-order valence-electron chi connectivity index (χ0n) is 11.9. The Hall–Kier alpha value is -1.87.